The van der Waals surface area contributed by atoms with Gasteiger partial charge in [-0.2, -0.15) is 0 Å². The minimum absolute atomic E-state index is 0.0433. The quantitative estimate of drug-likeness (QED) is 0.767. The molecule has 0 bridgehead atoms. The van der Waals surface area contributed by atoms with E-state index in [1.165, 1.54) is 24.3 Å². The molecule has 2 aromatic rings. The number of rotatable bonds is 5. The predicted molar refractivity (Wildman–Crippen MR) is 117 cm³/mol. The summed E-state index contributed by atoms with van der Waals surface area (Å²) in [5.41, 5.74) is 1.94. The Kier molecular flexibility index (Phi) is 6.53. The van der Waals surface area contributed by atoms with Crippen molar-refractivity contribution in [2.24, 2.45) is 0 Å². The van der Waals surface area contributed by atoms with Crippen LogP contribution in [-0.2, 0) is 22.6 Å². The summed E-state index contributed by atoms with van der Waals surface area (Å²) < 4.78 is 18.6. The number of carbonyl (C=O) groups is 2. The van der Waals surface area contributed by atoms with Gasteiger partial charge in [-0.3, -0.25) is 9.59 Å². The highest BCUT2D eigenvalue weighted by atomic mass is 19.1. The Morgan fingerprint density at radius 1 is 1.19 bits per heavy atom. The van der Waals surface area contributed by atoms with Crippen molar-refractivity contribution in [1.29, 1.82) is 0 Å². The molecule has 8 nitrogen and oxygen atoms in total. The maximum absolute atomic E-state index is 13.0. The Balaban J connectivity index is 1.44. The molecule has 1 aromatic carbocycles. The second-order valence-electron chi connectivity index (χ2n) is 8.22. The predicted octanol–water partition coefficient (Wildman–Crippen LogP) is 2.35. The Hall–Kier alpha value is -3.23. The Morgan fingerprint density at radius 3 is 2.69 bits per heavy atom. The molecule has 0 saturated carbocycles. The van der Waals surface area contributed by atoms with E-state index >= 15 is 0 Å². The van der Waals surface area contributed by atoms with Crippen molar-refractivity contribution in [3.8, 4) is 5.75 Å². The summed E-state index contributed by atoms with van der Waals surface area (Å²) in [5.74, 6) is 1.59. The molecule has 32 heavy (non-hydrogen) atoms. The fourth-order valence-electron chi connectivity index (χ4n) is 4.27. The van der Waals surface area contributed by atoms with Crippen LogP contribution in [0.25, 0.3) is 0 Å². The number of nitrogens with zero attached hydrogens (tertiary/aromatic N) is 4. The maximum Gasteiger partial charge on any atom is 0.260 e. The van der Waals surface area contributed by atoms with Crippen molar-refractivity contribution in [1.82, 2.24) is 19.8 Å². The van der Waals surface area contributed by atoms with Crippen molar-refractivity contribution in [3.63, 3.8) is 0 Å². The van der Waals surface area contributed by atoms with Gasteiger partial charge >= 0.3 is 0 Å². The smallest absolute Gasteiger partial charge is 0.260 e. The van der Waals surface area contributed by atoms with Gasteiger partial charge in [0.15, 0.2) is 6.61 Å². The zero-order valence-electron chi connectivity index (χ0n) is 18.4. The number of halogens is 1. The van der Waals surface area contributed by atoms with Crippen LogP contribution in [0.5, 0.6) is 5.75 Å². The number of hydrogen-bond acceptors (Lipinski definition) is 6. The number of anilines is 1. The number of nitrogens with one attached hydrogen (secondary N) is 1. The topological polar surface area (TPSA) is 87.7 Å². The third-order valence-electron chi connectivity index (χ3n) is 6.07. The van der Waals surface area contributed by atoms with Crippen molar-refractivity contribution in [2.45, 2.75) is 38.6 Å². The van der Waals surface area contributed by atoms with Gasteiger partial charge in [0.2, 0.25) is 5.91 Å². The van der Waals surface area contributed by atoms with Gasteiger partial charge in [0.1, 0.15) is 23.2 Å². The average Bonchev–Trinajstić information content (AvgIpc) is 2.82. The van der Waals surface area contributed by atoms with Crippen LogP contribution < -0.4 is 10.1 Å². The van der Waals surface area contributed by atoms with E-state index in [0.29, 0.717) is 38.3 Å². The molecule has 1 N–H and O–H groups in total. The molecule has 170 valence electrons. The molecule has 1 saturated heterocycles. The SMILES string of the molecule is CNc1nc([C@H]2CCCN(C(=O)COc3ccc(F)cc3)C2)nc2c1CN(C(C)=O)CC2. The largest absolute Gasteiger partial charge is 0.484 e. The number of amides is 2. The molecule has 2 aliphatic rings. The Morgan fingerprint density at radius 2 is 1.97 bits per heavy atom. The molecule has 1 aromatic heterocycles. The molecule has 2 amide bonds. The fraction of sp³-hybridized carbons (Fsp3) is 0.478. The number of likely N-dealkylation sites (tertiary alicyclic amines) is 1. The summed E-state index contributed by atoms with van der Waals surface area (Å²) in [4.78, 5) is 37.7. The van der Waals surface area contributed by atoms with Gasteiger partial charge in [-0.15, -0.1) is 0 Å². The maximum atomic E-state index is 13.0. The summed E-state index contributed by atoms with van der Waals surface area (Å²) in [5, 5.41) is 3.15. The molecule has 0 unspecified atom stereocenters. The van der Waals surface area contributed by atoms with E-state index in [1.807, 2.05) is 7.05 Å². The van der Waals surface area contributed by atoms with Crippen LogP contribution in [0.2, 0.25) is 0 Å². The summed E-state index contributed by atoms with van der Waals surface area (Å²) >= 11 is 0. The normalized spacial score (nSPS) is 18.2. The molecule has 9 heteroatoms. The van der Waals surface area contributed by atoms with E-state index in [4.69, 9.17) is 14.7 Å². The highest BCUT2D eigenvalue weighted by molar-refractivity contribution is 5.78. The molecular weight excluding hydrogens is 413 g/mol. The number of hydrogen-bond donors (Lipinski definition) is 1. The number of piperidine rings is 1. The van der Waals surface area contributed by atoms with Crippen LogP contribution in [0.3, 0.4) is 0 Å². The highest BCUT2D eigenvalue weighted by Crippen LogP contribution is 2.30. The minimum atomic E-state index is -0.345. The van der Waals surface area contributed by atoms with Gasteiger partial charge in [-0.1, -0.05) is 0 Å². The highest BCUT2D eigenvalue weighted by Gasteiger charge is 2.30. The minimum Gasteiger partial charge on any atom is -0.484 e. The number of ether oxygens (including phenoxy) is 1. The second-order valence-corrected chi connectivity index (χ2v) is 8.22. The van der Waals surface area contributed by atoms with Crippen LogP contribution in [-0.4, -0.2) is 64.9 Å². The van der Waals surface area contributed by atoms with Gasteiger partial charge in [0.25, 0.3) is 5.91 Å². The molecule has 4 rings (SSSR count). The third kappa shape index (κ3) is 4.81. The molecule has 3 heterocycles. The van der Waals surface area contributed by atoms with E-state index in [0.717, 1.165) is 35.7 Å². The van der Waals surface area contributed by atoms with E-state index in [2.05, 4.69) is 5.32 Å². The number of carbonyl (C=O) groups excluding carboxylic acids is 2. The van der Waals surface area contributed by atoms with Gasteiger partial charge in [-0.25, -0.2) is 14.4 Å². The van der Waals surface area contributed by atoms with Crippen LogP contribution in [0, 0.1) is 5.82 Å². The first-order chi connectivity index (χ1) is 15.4. The fourth-order valence-corrected chi connectivity index (χ4v) is 4.27. The second kappa shape index (κ2) is 9.50. The average molecular weight is 442 g/mol. The molecular formula is C23H28FN5O3. The Labute approximate surface area is 186 Å². The molecule has 0 radical (unpaired) electrons. The monoisotopic (exact) mass is 441 g/mol. The first kappa shape index (κ1) is 22.0. The number of benzene rings is 1. The van der Waals surface area contributed by atoms with Gasteiger partial charge in [0, 0.05) is 51.5 Å². The molecule has 1 atom stereocenters. The van der Waals surface area contributed by atoms with Crippen molar-refractivity contribution >= 4 is 17.6 Å². The van der Waals surface area contributed by atoms with E-state index < -0.39 is 0 Å². The van der Waals surface area contributed by atoms with Gasteiger partial charge in [-0.05, 0) is 37.1 Å². The first-order valence-corrected chi connectivity index (χ1v) is 10.9. The lowest BCUT2D eigenvalue weighted by atomic mass is 9.96. The zero-order chi connectivity index (χ0) is 22.7. The lowest BCUT2D eigenvalue weighted by Gasteiger charge is -2.33. The van der Waals surface area contributed by atoms with Crippen molar-refractivity contribution in [2.75, 3.05) is 38.6 Å². The molecule has 0 aliphatic carbocycles. The van der Waals surface area contributed by atoms with E-state index in [9.17, 15) is 14.0 Å². The summed E-state index contributed by atoms with van der Waals surface area (Å²) in [7, 11) is 1.82. The third-order valence-corrected chi connectivity index (χ3v) is 6.07. The number of aromatic nitrogens is 2. The summed E-state index contributed by atoms with van der Waals surface area (Å²) in [6.45, 7) is 3.85. The van der Waals surface area contributed by atoms with Crippen molar-refractivity contribution < 1.29 is 18.7 Å². The summed E-state index contributed by atoms with van der Waals surface area (Å²) in [6.07, 6.45) is 2.46. The van der Waals surface area contributed by atoms with Crippen LogP contribution in [0.4, 0.5) is 10.2 Å². The van der Waals surface area contributed by atoms with Gasteiger partial charge < -0.3 is 19.9 Å². The molecule has 2 aliphatic heterocycles. The standard InChI is InChI=1S/C23H28FN5O3/c1-15(30)28-11-9-20-19(13-28)23(25-2)27-22(26-20)16-4-3-10-29(12-16)21(31)14-32-18-7-5-17(24)6-8-18/h5-8,16H,3-4,9-14H2,1-2H3,(H,25,26,27)/t16-/m0/s1. The first-order valence-electron chi connectivity index (χ1n) is 10.9. The zero-order valence-corrected chi connectivity index (χ0v) is 18.4. The van der Waals surface area contributed by atoms with Crippen LogP contribution in [0.15, 0.2) is 24.3 Å². The molecule has 1 fully saturated rings. The van der Waals surface area contributed by atoms with Crippen LogP contribution in [0.1, 0.15) is 42.8 Å². The Bertz CT molecular complexity index is 981. The van der Waals surface area contributed by atoms with Crippen molar-refractivity contribution in [3.05, 3.63) is 47.2 Å². The summed E-state index contributed by atoms with van der Waals surface area (Å²) in [6, 6.07) is 5.63. The molecule has 0 spiro atoms. The van der Waals surface area contributed by atoms with E-state index in [1.54, 1.807) is 16.7 Å². The lowest BCUT2D eigenvalue weighted by molar-refractivity contribution is -0.134. The van der Waals surface area contributed by atoms with Gasteiger partial charge in [0.05, 0.1) is 12.2 Å². The van der Waals surface area contributed by atoms with Crippen LogP contribution >= 0.6 is 0 Å². The lowest BCUT2D eigenvalue weighted by Crippen LogP contribution is -2.42. The van der Waals surface area contributed by atoms with E-state index in [-0.39, 0.29) is 30.2 Å². The number of fused-ring (bicyclic) bond motifs is 1.